The molecular weight excluding hydrogens is 712 g/mol. The summed E-state index contributed by atoms with van der Waals surface area (Å²) in [6.45, 7) is 6.16. The van der Waals surface area contributed by atoms with Gasteiger partial charge in [-0.1, -0.05) is 0 Å². The van der Waals surface area contributed by atoms with Crippen LogP contribution in [0.5, 0.6) is 34.5 Å². The van der Waals surface area contributed by atoms with Crippen molar-refractivity contribution in [3.63, 3.8) is 0 Å². The fourth-order valence-electron chi connectivity index (χ4n) is 5.99. The van der Waals surface area contributed by atoms with Gasteiger partial charge in [-0.2, -0.15) is 0 Å². The first-order valence-electron chi connectivity index (χ1n) is 16.1. The molecule has 19 heteroatoms. The van der Waals surface area contributed by atoms with Crippen molar-refractivity contribution in [2.45, 2.75) is 96.0 Å². The van der Waals surface area contributed by atoms with E-state index in [1.165, 1.54) is 19.9 Å². The molecule has 0 saturated carbocycles. The zero-order chi connectivity index (χ0) is 39.0. The highest BCUT2D eigenvalue weighted by Crippen LogP contribution is 2.46. The summed E-state index contributed by atoms with van der Waals surface area (Å²) >= 11 is 0. The lowest BCUT2D eigenvalue weighted by Gasteiger charge is -2.42. The van der Waals surface area contributed by atoms with Gasteiger partial charge in [0, 0.05) is 32.4 Å². The predicted molar refractivity (Wildman–Crippen MR) is 174 cm³/mol. The van der Waals surface area contributed by atoms with Crippen LogP contribution in [-0.2, 0) is 38.1 Å². The number of aromatic hydroxyl groups is 3. The molecule has 6 N–H and O–H groups in total. The van der Waals surface area contributed by atoms with E-state index in [2.05, 4.69) is 0 Å². The number of hydrogen-bond acceptors (Lipinski definition) is 19. The van der Waals surface area contributed by atoms with Gasteiger partial charge in [-0.25, -0.2) is 0 Å². The second-order valence-electron chi connectivity index (χ2n) is 12.3. The van der Waals surface area contributed by atoms with E-state index in [-0.39, 0.29) is 16.9 Å². The van der Waals surface area contributed by atoms with Gasteiger partial charge >= 0.3 is 17.9 Å². The average molecular weight is 751 g/mol. The minimum atomic E-state index is -1.90. The Morgan fingerprint density at radius 3 is 1.85 bits per heavy atom. The Kier molecular flexibility index (Phi) is 11.2. The fourth-order valence-corrected chi connectivity index (χ4v) is 5.99. The number of phenols is 3. The highest BCUT2D eigenvalue weighted by molar-refractivity contribution is 5.91. The lowest BCUT2D eigenvalue weighted by Crippen LogP contribution is -2.60. The third-order valence-corrected chi connectivity index (χ3v) is 8.39. The lowest BCUT2D eigenvalue weighted by atomic mass is 9.99. The van der Waals surface area contributed by atoms with E-state index in [4.69, 9.17) is 42.3 Å². The number of esters is 3. The number of hydrogen-bond donors (Lipinski definition) is 6. The Hall–Kier alpha value is -5.34. The molecule has 2 saturated heterocycles. The van der Waals surface area contributed by atoms with E-state index in [0.717, 1.165) is 46.1 Å². The lowest BCUT2D eigenvalue weighted by molar-refractivity contribution is -0.276. The first-order chi connectivity index (χ1) is 24.9. The monoisotopic (exact) mass is 750 g/mol. The smallest absolute Gasteiger partial charge is 0.303 e. The molecule has 288 valence electrons. The first kappa shape index (κ1) is 38.9. The van der Waals surface area contributed by atoms with Crippen LogP contribution in [0.4, 0.5) is 0 Å². The zero-order valence-corrected chi connectivity index (χ0v) is 29.1. The molecule has 19 nitrogen and oxygen atoms in total. The van der Waals surface area contributed by atoms with Gasteiger partial charge in [-0.3, -0.25) is 19.2 Å². The molecule has 0 spiro atoms. The van der Waals surface area contributed by atoms with Crippen LogP contribution in [0.2, 0.25) is 0 Å². The second-order valence-corrected chi connectivity index (χ2v) is 12.3. The van der Waals surface area contributed by atoms with Gasteiger partial charge in [0.2, 0.25) is 29.5 Å². The van der Waals surface area contributed by atoms with Crippen LogP contribution in [0.15, 0.2) is 33.5 Å². The van der Waals surface area contributed by atoms with Crippen molar-refractivity contribution in [3.05, 3.63) is 34.5 Å². The van der Waals surface area contributed by atoms with Gasteiger partial charge in [0.05, 0.1) is 19.3 Å². The van der Waals surface area contributed by atoms with E-state index in [0.29, 0.717) is 0 Å². The minimum absolute atomic E-state index is 0.0654. The van der Waals surface area contributed by atoms with Gasteiger partial charge in [0.1, 0.15) is 23.2 Å². The van der Waals surface area contributed by atoms with E-state index < -0.39 is 125 Å². The van der Waals surface area contributed by atoms with Crippen LogP contribution in [0.1, 0.15) is 34.6 Å². The maximum Gasteiger partial charge on any atom is 0.303 e. The normalized spacial score (nSPS) is 28.5. The molecule has 2 aliphatic heterocycles. The van der Waals surface area contributed by atoms with Crippen LogP contribution in [0.3, 0.4) is 0 Å². The van der Waals surface area contributed by atoms with Crippen molar-refractivity contribution >= 4 is 28.9 Å². The second kappa shape index (κ2) is 15.3. The summed E-state index contributed by atoms with van der Waals surface area (Å²) in [7, 11) is 1.12. The Morgan fingerprint density at radius 2 is 1.26 bits per heavy atom. The molecule has 5 rings (SSSR count). The number of carbonyl (C=O) groups is 3. The molecule has 3 aromatic rings. The van der Waals surface area contributed by atoms with Crippen molar-refractivity contribution in [1.29, 1.82) is 0 Å². The Bertz CT molecular complexity index is 1940. The number of carbonyl (C=O) groups excluding carboxylic acids is 3. The van der Waals surface area contributed by atoms with Crippen molar-refractivity contribution in [2.75, 3.05) is 7.11 Å². The van der Waals surface area contributed by atoms with Gasteiger partial charge in [0.15, 0.2) is 53.2 Å². The topological polar surface area (TPSA) is 277 Å². The largest absolute Gasteiger partial charge is 0.504 e. The molecule has 2 aromatic carbocycles. The third kappa shape index (κ3) is 7.74. The summed E-state index contributed by atoms with van der Waals surface area (Å²) in [4.78, 5) is 49.4. The van der Waals surface area contributed by atoms with Crippen molar-refractivity contribution in [3.8, 4) is 45.8 Å². The molecule has 2 aliphatic rings. The number of methoxy groups -OCH3 is 1. The van der Waals surface area contributed by atoms with Gasteiger partial charge in [-0.15, -0.1) is 0 Å². The van der Waals surface area contributed by atoms with Crippen LogP contribution >= 0.6 is 0 Å². The van der Waals surface area contributed by atoms with Crippen LogP contribution in [-0.4, -0.2) is 117 Å². The SMILES string of the molecule is COc1c(O[C@H]2O[C@H](C)[C@H](OC(C)=O)[C@@H](OC(C)=O)[C@@H]2O)cc2oc(-c3ccc(O)c(O)c3)c(O[C@@H]3O[C@@H](C)[C@H](OC(C)=O)[C@H](O)[C@@H]3O)c(=O)c2c1O. The third-order valence-electron chi connectivity index (χ3n) is 8.39. The zero-order valence-electron chi connectivity index (χ0n) is 29.1. The van der Waals surface area contributed by atoms with Gasteiger partial charge in [0.25, 0.3) is 0 Å². The number of benzene rings is 2. The molecule has 0 radical (unpaired) electrons. The molecule has 0 bridgehead atoms. The van der Waals surface area contributed by atoms with E-state index in [9.17, 15) is 49.8 Å². The number of fused-ring (bicyclic) bond motifs is 1. The quantitative estimate of drug-likeness (QED) is 0.0998. The van der Waals surface area contributed by atoms with Gasteiger partial charge in [-0.05, 0) is 32.0 Å². The van der Waals surface area contributed by atoms with E-state index in [1.54, 1.807) is 0 Å². The fraction of sp³-hybridized carbons (Fsp3) is 0.471. The van der Waals surface area contributed by atoms with Crippen LogP contribution < -0.4 is 19.6 Å². The van der Waals surface area contributed by atoms with Crippen LogP contribution in [0, 0.1) is 0 Å². The molecule has 53 heavy (non-hydrogen) atoms. The molecule has 0 unspecified atom stereocenters. The van der Waals surface area contributed by atoms with Gasteiger partial charge < -0.3 is 73.0 Å². The Morgan fingerprint density at radius 1 is 0.698 bits per heavy atom. The molecule has 0 aliphatic carbocycles. The van der Waals surface area contributed by atoms with Crippen molar-refractivity contribution < 1.29 is 87.3 Å². The molecule has 10 atom stereocenters. The Balaban J connectivity index is 1.61. The molecular formula is C34H38O19. The Labute approximate surface area is 299 Å². The summed E-state index contributed by atoms with van der Waals surface area (Å²) in [5.41, 5.74) is -1.54. The summed E-state index contributed by atoms with van der Waals surface area (Å²) in [5.74, 6) is -6.31. The molecule has 3 heterocycles. The van der Waals surface area contributed by atoms with Crippen LogP contribution in [0.25, 0.3) is 22.3 Å². The number of rotatable bonds is 9. The number of ether oxygens (including phenoxy) is 8. The summed E-state index contributed by atoms with van der Waals surface area (Å²) in [5, 5.41) is 63.8. The summed E-state index contributed by atoms with van der Waals surface area (Å²) in [6.07, 6.45) is -14.9. The maximum atomic E-state index is 14.2. The molecule has 2 fully saturated rings. The van der Waals surface area contributed by atoms with Crippen molar-refractivity contribution in [1.82, 2.24) is 0 Å². The number of aliphatic hydroxyl groups excluding tert-OH is 3. The highest BCUT2D eigenvalue weighted by atomic mass is 16.7. The maximum absolute atomic E-state index is 14.2. The first-order valence-corrected chi connectivity index (χ1v) is 16.1. The van der Waals surface area contributed by atoms with E-state index >= 15 is 0 Å². The molecule has 0 amide bonds. The number of phenolic OH excluding ortho intramolecular Hbond substituents is 3. The average Bonchev–Trinajstić information content (AvgIpc) is 3.07. The molecule has 1 aromatic heterocycles. The van der Waals surface area contributed by atoms with E-state index in [1.807, 2.05) is 0 Å². The number of aliphatic hydroxyl groups is 3. The summed E-state index contributed by atoms with van der Waals surface area (Å²) in [6, 6.07) is 4.42. The van der Waals surface area contributed by atoms with Crippen molar-refractivity contribution in [2.24, 2.45) is 0 Å². The summed E-state index contributed by atoms with van der Waals surface area (Å²) < 4.78 is 50.0. The predicted octanol–water partition coefficient (Wildman–Crippen LogP) is 0.710. The standard InChI is InChI=1S/C34H38O19/c1-11-27(48-13(3)35)24(42)25(43)33(46-11)53-31-23(41)21-19(51-29(31)16-7-8-17(38)18(39)9-16)10-20(30(45-6)22(21)40)52-34-26(44)32(50-15(5)37)28(12(2)47-34)49-14(4)36/h7-12,24-28,32-34,38-40,42-44H,1-6H3/t11-,12+,24+,25-,26-,27-,28-,32-,33-,34+/m0/s1. The highest BCUT2D eigenvalue weighted by Gasteiger charge is 2.50. The minimum Gasteiger partial charge on any atom is -0.504 e.